The third-order valence-corrected chi connectivity index (χ3v) is 2.22. The molecule has 1 aromatic rings. The van der Waals surface area contributed by atoms with Crippen molar-refractivity contribution >= 4 is 0 Å². The van der Waals surface area contributed by atoms with Gasteiger partial charge in [-0.05, 0) is 23.6 Å². The zero-order valence-corrected chi connectivity index (χ0v) is 9.31. The van der Waals surface area contributed by atoms with E-state index in [1.807, 2.05) is 18.2 Å². The first kappa shape index (κ1) is 12.0. The molecule has 0 fully saturated rings. The predicted molar refractivity (Wildman–Crippen MR) is 61.1 cm³/mol. The van der Waals surface area contributed by atoms with E-state index in [2.05, 4.69) is 19.9 Å². The summed E-state index contributed by atoms with van der Waals surface area (Å²) in [7, 11) is 0. The summed E-state index contributed by atoms with van der Waals surface area (Å²) in [5.41, 5.74) is 6.78. The van der Waals surface area contributed by atoms with Crippen molar-refractivity contribution < 1.29 is 9.84 Å². The molecule has 0 bridgehead atoms. The molecule has 0 saturated carbocycles. The van der Waals surface area contributed by atoms with E-state index in [1.54, 1.807) is 0 Å². The Bertz CT molecular complexity index is 299. The minimum atomic E-state index is -0.312. The van der Waals surface area contributed by atoms with E-state index in [0.29, 0.717) is 12.5 Å². The summed E-state index contributed by atoms with van der Waals surface area (Å²) in [5, 5.41) is 8.75. The summed E-state index contributed by atoms with van der Waals surface area (Å²) in [6.07, 6.45) is 0. The first-order valence-corrected chi connectivity index (χ1v) is 5.22. The Balaban J connectivity index is 2.58. The lowest BCUT2D eigenvalue weighted by Crippen LogP contribution is -2.31. The van der Waals surface area contributed by atoms with Crippen LogP contribution in [-0.4, -0.2) is 24.4 Å². The Morgan fingerprint density at radius 2 is 2.13 bits per heavy atom. The molecule has 0 radical (unpaired) electrons. The highest BCUT2D eigenvalue weighted by Gasteiger charge is 2.03. The van der Waals surface area contributed by atoms with Crippen LogP contribution < -0.4 is 10.5 Å². The van der Waals surface area contributed by atoms with Crippen molar-refractivity contribution in [3.63, 3.8) is 0 Å². The van der Waals surface area contributed by atoms with E-state index in [9.17, 15) is 0 Å². The zero-order chi connectivity index (χ0) is 11.3. The van der Waals surface area contributed by atoms with Gasteiger partial charge in [0, 0.05) is 0 Å². The number of aliphatic hydroxyl groups excluding tert-OH is 1. The van der Waals surface area contributed by atoms with Gasteiger partial charge in [-0.1, -0.05) is 26.0 Å². The monoisotopic (exact) mass is 209 g/mol. The Hall–Kier alpha value is -1.06. The van der Waals surface area contributed by atoms with E-state index < -0.39 is 0 Å². The highest BCUT2D eigenvalue weighted by Crippen LogP contribution is 2.19. The minimum absolute atomic E-state index is 0.0517. The highest BCUT2D eigenvalue weighted by atomic mass is 16.5. The highest BCUT2D eigenvalue weighted by molar-refractivity contribution is 5.30. The topological polar surface area (TPSA) is 55.5 Å². The average Bonchev–Trinajstić information content (AvgIpc) is 2.26. The summed E-state index contributed by atoms with van der Waals surface area (Å²) in [6.45, 7) is 4.57. The smallest absolute Gasteiger partial charge is 0.119 e. The van der Waals surface area contributed by atoms with Crippen molar-refractivity contribution in [3.8, 4) is 5.75 Å². The van der Waals surface area contributed by atoms with Gasteiger partial charge in [-0.15, -0.1) is 0 Å². The van der Waals surface area contributed by atoms with Crippen LogP contribution in [0.2, 0.25) is 0 Å². The molecule has 1 atom stereocenters. The molecule has 0 heterocycles. The molecule has 0 aromatic heterocycles. The van der Waals surface area contributed by atoms with Gasteiger partial charge in [-0.25, -0.2) is 0 Å². The van der Waals surface area contributed by atoms with Crippen LogP contribution in [0.15, 0.2) is 24.3 Å². The maximum absolute atomic E-state index is 8.75. The summed E-state index contributed by atoms with van der Waals surface area (Å²) < 4.78 is 5.46. The first-order chi connectivity index (χ1) is 7.13. The van der Waals surface area contributed by atoms with Crippen LogP contribution in [0.25, 0.3) is 0 Å². The number of nitrogens with two attached hydrogens (primary N) is 1. The number of hydrogen-bond acceptors (Lipinski definition) is 3. The molecule has 3 N–H and O–H groups in total. The van der Waals surface area contributed by atoms with Gasteiger partial charge in [0.05, 0.1) is 12.6 Å². The fraction of sp³-hybridized carbons (Fsp3) is 0.500. The fourth-order valence-electron chi connectivity index (χ4n) is 1.22. The molecule has 0 saturated heterocycles. The Morgan fingerprint density at radius 3 is 2.73 bits per heavy atom. The lowest BCUT2D eigenvalue weighted by Gasteiger charge is -2.12. The molecule has 15 heavy (non-hydrogen) atoms. The Kier molecular flexibility index (Phi) is 4.59. The zero-order valence-electron chi connectivity index (χ0n) is 9.31. The quantitative estimate of drug-likeness (QED) is 0.772. The van der Waals surface area contributed by atoms with E-state index in [0.717, 1.165) is 5.75 Å². The van der Waals surface area contributed by atoms with Crippen LogP contribution in [0, 0.1) is 0 Å². The summed E-state index contributed by atoms with van der Waals surface area (Å²) >= 11 is 0. The number of hydrogen-bond donors (Lipinski definition) is 2. The molecule has 1 unspecified atom stereocenters. The molecule has 84 valence electrons. The van der Waals surface area contributed by atoms with E-state index in [4.69, 9.17) is 15.6 Å². The minimum Gasteiger partial charge on any atom is -0.492 e. The second-order valence-electron chi connectivity index (χ2n) is 3.98. The molecule has 3 nitrogen and oxygen atoms in total. The van der Waals surface area contributed by atoms with Crippen LogP contribution in [-0.2, 0) is 0 Å². The van der Waals surface area contributed by atoms with Gasteiger partial charge in [0.2, 0.25) is 0 Å². The Morgan fingerprint density at radius 1 is 1.40 bits per heavy atom. The summed E-state index contributed by atoms with van der Waals surface area (Å²) in [5.74, 6) is 1.30. The van der Waals surface area contributed by atoms with Crippen molar-refractivity contribution in [1.29, 1.82) is 0 Å². The first-order valence-electron chi connectivity index (χ1n) is 5.22. The molecule has 0 amide bonds. The van der Waals surface area contributed by atoms with Gasteiger partial charge in [0.25, 0.3) is 0 Å². The van der Waals surface area contributed by atoms with Gasteiger partial charge < -0.3 is 15.6 Å². The molecular formula is C12H19NO2. The lowest BCUT2D eigenvalue weighted by molar-refractivity contribution is 0.206. The van der Waals surface area contributed by atoms with E-state index >= 15 is 0 Å². The van der Waals surface area contributed by atoms with Crippen LogP contribution in [0.3, 0.4) is 0 Å². The van der Waals surface area contributed by atoms with Crippen LogP contribution in [0.4, 0.5) is 0 Å². The third kappa shape index (κ3) is 3.90. The SMILES string of the molecule is CC(C)c1cccc(OCC(N)CO)c1. The molecule has 0 spiro atoms. The third-order valence-electron chi connectivity index (χ3n) is 2.22. The molecular weight excluding hydrogens is 190 g/mol. The van der Waals surface area contributed by atoms with Crippen LogP contribution in [0.5, 0.6) is 5.75 Å². The second kappa shape index (κ2) is 5.73. The molecule has 1 aromatic carbocycles. The number of benzene rings is 1. The summed E-state index contributed by atoms with van der Waals surface area (Å²) in [4.78, 5) is 0. The number of aliphatic hydroxyl groups is 1. The summed E-state index contributed by atoms with van der Waals surface area (Å²) in [6, 6.07) is 7.64. The maximum atomic E-state index is 8.75. The van der Waals surface area contributed by atoms with E-state index in [1.165, 1.54) is 5.56 Å². The van der Waals surface area contributed by atoms with Crippen molar-refractivity contribution in [2.24, 2.45) is 5.73 Å². The van der Waals surface area contributed by atoms with Crippen molar-refractivity contribution in [1.82, 2.24) is 0 Å². The average molecular weight is 209 g/mol. The lowest BCUT2D eigenvalue weighted by atomic mass is 10.0. The normalized spacial score (nSPS) is 12.9. The second-order valence-corrected chi connectivity index (χ2v) is 3.98. The molecule has 1 rings (SSSR count). The van der Waals surface area contributed by atoms with Crippen molar-refractivity contribution in [2.45, 2.75) is 25.8 Å². The van der Waals surface area contributed by atoms with Gasteiger partial charge in [-0.3, -0.25) is 0 Å². The Labute approximate surface area is 90.9 Å². The standard InChI is InChI=1S/C12H19NO2/c1-9(2)10-4-3-5-12(6-10)15-8-11(13)7-14/h3-6,9,11,14H,7-8,13H2,1-2H3. The van der Waals surface area contributed by atoms with Crippen molar-refractivity contribution in [3.05, 3.63) is 29.8 Å². The van der Waals surface area contributed by atoms with Gasteiger partial charge >= 0.3 is 0 Å². The molecule has 0 aliphatic carbocycles. The molecule has 0 aliphatic rings. The van der Waals surface area contributed by atoms with Gasteiger partial charge in [0.1, 0.15) is 12.4 Å². The van der Waals surface area contributed by atoms with Crippen molar-refractivity contribution in [2.75, 3.05) is 13.2 Å². The molecule has 0 aliphatic heterocycles. The largest absolute Gasteiger partial charge is 0.492 e. The molecule has 3 heteroatoms. The van der Waals surface area contributed by atoms with Gasteiger partial charge in [-0.2, -0.15) is 0 Å². The predicted octanol–water partition coefficient (Wildman–Crippen LogP) is 1.51. The van der Waals surface area contributed by atoms with Crippen LogP contribution >= 0.6 is 0 Å². The van der Waals surface area contributed by atoms with Gasteiger partial charge in [0.15, 0.2) is 0 Å². The number of rotatable bonds is 5. The van der Waals surface area contributed by atoms with Crippen LogP contribution in [0.1, 0.15) is 25.3 Å². The van der Waals surface area contributed by atoms with E-state index in [-0.39, 0.29) is 12.6 Å². The number of ether oxygens (including phenoxy) is 1. The fourth-order valence-corrected chi connectivity index (χ4v) is 1.22. The maximum Gasteiger partial charge on any atom is 0.119 e.